The molecule has 32 heavy (non-hydrogen) atoms. The van der Waals surface area contributed by atoms with Crippen LogP contribution in [0.5, 0.6) is 23.0 Å². The second-order valence-corrected chi connectivity index (χ2v) is 6.94. The molecule has 0 radical (unpaired) electrons. The second kappa shape index (κ2) is 12.8. The molecule has 0 aliphatic heterocycles. The number of nitrogens with one attached hydrogen (secondary N) is 1. The predicted octanol–water partition coefficient (Wildman–Crippen LogP) is 5.18. The Morgan fingerprint density at radius 1 is 0.781 bits per heavy atom. The molecule has 5 nitrogen and oxygen atoms in total. The lowest BCUT2D eigenvalue weighted by Gasteiger charge is -2.16. The van der Waals surface area contributed by atoms with Crippen molar-refractivity contribution in [3.05, 3.63) is 83.2 Å². The molecule has 0 atom stereocenters. The SMILES string of the molecule is COc1ccc(CCNCc2cccc(OC)c2OCc2ccccc2F)cc1OC.Cl. The molecule has 172 valence electrons. The summed E-state index contributed by atoms with van der Waals surface area (Å²) in [5, 5.41) is 3.44. The zero-order valence-corrected chi connectivity index (χ0v) is 19.3. The average Bonchev–Trinajstić information content (AvgIpc) is 2.81. The highest BCUT2D eigenvalue weighted by Gasteiger charge is 2.12. The molecule has 1 N–H and O–H groups in total. The quantitative estimate of drug-likeness (QED) is 0.398. The van der Waals surface area contributed by atoms with Crippen molar-refractivity contribution < 1.29 is 23.3 Å². The minimum atomic E-state index is -0.285. The molecule has 0 fully saturated rings. The van der Waals surface area contributed by atoms with Gasteiger partial charge in [-0.1, -0.05) is 36.4 Å². The summed E-state index contributed by atoms with van der Waals surface area (Å²) in [4.78, 5) is 0. The minimum Gasteiger partial charge on any atom is -0.493 e. The first-order valence-corrected chi connectivity index (χ1v) is 10.1. The summed E-state index contributed by atoms with van der Waals surface area (Å²) in [6.07, 6.45) is 0.829. The maximum atomic E-state index is 13.9. The Bertz CT molecular complexity index is 999. The van der Waals surface area contributed by atoms with E-state index < -0.39 is 0 Å². The van der Waals surface area contributed by atoms with Crippen molar-refractivity contribution >= 4 is 12.4 Å². The highest BCUT2D eigenvalue weighted by Crippen LogP contribution is 2.32. The van der Waals surface area contributed by atoms with E-state index in [2.05, 4.69) is 5.32 Å². The fraction of sp³-hybridized carbons (Fsp3) is 0.280. The van der Waals surface area contributed by atoms with Gasteiger partial charge in [0.1, 0.15) is 12.4 Å². The first-order valence-electron chi connectivity index (χ1n) is 10.1. The summed E-state index contributed by atoms with van der Waals surface area (Å²) in [6, 6.07) is 18.2. The Kier molecular flexibility index (Phi) is 10.1. The molecule has 0 bridgehead atoms. The van der Waals surface area contributed by atoms with Crippen LogP contribution < -0.4 is 24.3 Å². The van der Waals surface area contributed by atoms with Gasteiger partial charge in [0.05, 0.1) is 21.3 Å². The van der Waals surface area contributed by atoms with Crippen LogP contribution in [0.4, 0.5) is 4.39 Å². The van der Waals surface area contributed by atoms with E-state index in [1.807, 2.05) is 36.4 Å². The van der Waals surface area contributed by atoms with Crippen LogP contribution in [0, 0.1) is 5.82 Å². The van der Waals surface area contributed by atoms with E-state index >= 15 is 0 Å². The van der Waals surface area contributed by atoms with Crippen molar-refractivity contribution in [3.63, 3.8) is 0 Å². The first-order chi connectivity index (χ1) is 15.2. The van der Waals surface area contributed by atoms with Gasteiger partial charge in [0.25, 0.3) is 0 Å². The molecule has 0 saturated heterocycles. The summed E-state index contributed by atoms with van der Waals surface area (Å²) in [7, 11) is 4.85. The molecule has 3 aromatic rings. The standard InChI is InChI=1S/C25H28FNO4.ClH/c1-28-22-12-11-18(15-24(22)30-3)13-14-27-16-19-8-6-10-23(29-2)25(19)31-17-20-7-4-5-9-21(20)26;/h4-12,15,27H,13-14,16-17H2,1-3H3;1H. The Balaban J connectivity index is 0.00000363. The number of halogens is 2. The van der Waals surface area contributed by atoms with Crippen LogP contribution in [0.25, 0.3) is 0 Å². The van der Waals surface area contributed by atoms with Gasteiger partial charge in [0.2, 0.25) is 0 Å². The third kappa shape index (κ3) is 6.52. The zero-order valence-electron chi connectivity index (χ0n) is 18.5. The van der Waals surface area contributed by atoms with Crippen molar-refractivity contribution in [2.75, 3.05) is 27.9 Å². The van der Waals surface area contributed by atoms with Gasteiger partial charge in [-0.15, -0.1) is 12.4 Å². The van der Waals surface area contributed by atoms with Gasteiger partial charge in [-0.25, -0.2) is 4.39 Å². The zero-order chi connectivity index (χ0) is 22.1. The highest BCUT2D eigenvalue weighted by molar-refractivity contribution is 5.85. The van der Waals surface area contributed by atoms with Crippen LogP contribution in [0.1, 0.15) is 16.7 Å². The van der Waals surface area contributed by atoms with E-state index in [0.717, 1.165) is 29.8 Å². The third-order valence-corrected chi connectivity index (χ3v) is 4.96. The van der Waals surface area contributed by atoms with Gasteiger partial charge in [0.15, 0.2) is 23.0 Å². The lowest BCUT2D eigenvalue weighted by atomic mass is 10.1. The van der Waals surface area contributed by atoms with Crippen molar-refractivity contribution in [2.45, 2.75) is 19.6 Å². The fourth-order valence-electron chi connectivity index (χ4n) is 3.28. The second-order valence-electron chi connectivity index (χ2n) is 6.94. The van der Waals surface area contributed by atoms with Gasteiger partial charge < -0.3 is 24.3 Å². The summed E-state index contributed by atoms with van der Waals surface area (Å²) >= 11 is 0. The Hall–Kier alpha value is -2.96. The Morgan fingerprint density at radius 3 is 2.22 bits per heavy atom. The molecule has 0 heterocycles. The average molecular weight is 462 g/mol. The molecule has 0 aliphatic carbocycles. The van der Waals surface area contributed by atoms with Crippen molar-refractivity contribution in [1.82, 2.24) is 5.32 Å². The van der Waals surface area contributed by atoms with Gasteiger partial charge in [-0.3, -0.25) is 0 Å². The van der Waals surface area contributed by atoms with Gasteiger partial charge in [0, 0.05) is 17.7 Å². The van der Waals surface area contributed by atoms with Gasteiger partial charge in [-0.2, -0.15) is 0 Å². The number of hydrogen-bond acceptors (Lipinski definition) is 5. The number of benzene rings is 3. The molecular weight excluding hydrogens is 433 g/mol. The fourth-order valence-corrected chi connectivity index (χ4v) is 3.28. The molecule has 0 amide bonds. The van der Waals surface area contributed by atoms with Crippen LogP contribution >= 0.6 is 12.4 Å². The van der Waals surface area contributed by atoms with E-state index in [0.29, 0.717) is 29.4 Å². The molecular formula is C25H29ClFNO4. The highest BCUT2D eigenvalue weighted by atomic mass is 35.5. The van der Waals surface area contributed by atoms with E-state index in [1.165, 1.54) is 6.07 Å². The topological polar surface area (TPSA) is 49.0 Å². The summed E-state index contributed by atoms with van der Waals surface area (Å²) < 4.78 is 36.0. The van der Waals surface area contributed by atoms with Crippen molar-refractivity contribution in [2.24, 2.45) is 0 Å². The molecule has 0 saturated carbocycles. The summed E-state index contributed by atoms with van der Waals surface area (Å²) in [6.45, 7) is 1.49. The van der Waals surface area contributed by atoms with E-state index in [-0.39, 0.29) is 24.8 Å². The molecule has 3 rings (SSSR count). The lowest BCUT2D eigenvalue weighted by Crippen LogP contribution is -2.17. The van der Waals surface area contributed by atoms with Crippen LogP contribution in [-0.2, 0) is 19.6 Å². The molecule has 7 heteroatoms. The van der Waals surface area contributed by atoms with Crippen molar-refractivity contribution in [3.8, 4) is 23.0 Å². The predicted molar refractivity (Wildman–Crippen MR) is 126 cm³/mol. The molecule has 0 aliphatic rings. The maximum absolute atomic E-state index is 13.9. The van der Waals surface area contributed by atoms with E-state index in [4.69, 9.17) is 18.9 Å². The summed E-state index contributed by atoms with van der Waals surface area (Å²) in [5.41, 5.74) is 2.59. The lowest BCUT2D eigenvalue weighted by molar-refractivity contribution is 0.276. The van der Waals surface area contributed by atoms with Crippen LogP contribution in [0.2, 0.25) is 0 Å². The minimum absolute atomic E-state index is 0. The number of para-hydroxylation sites is 1. The molecule has 0 aromatic heterocycles. The molecule has 0 spiro atoms. The number of methoxy groups -OCH3 is 3. The third-order valence-electron chi connectivity index (χ3n) is 4.96. The smallest absolute Gasteiger partial charge is 0.166 e. The largest absolute Gasteiger partial charge is 0.493 e. The number of hydrogen-bond donors (Lipinski definition) is 1. The first kappa shape index (κ1) is 25.3. The Morgan fingerprint density at radius 2 is 1.50 bits per heavy atom. The number of rotatable bonds is 11. The van der Waals surface area contributed by atoms with Crippen LogP contribution in [0.15, 0.2) is 60.7 Å². The van der Waals surface area contributed by atoms with Crippen LogP contribution in [-0.4, -0.2) is 27.9 Å². The van der Waals surface area contributed by atoms with Crippen LogP contribution in [0.3, 0.4) is 0 Å². The van der Waals surface area contributed by atoms with E-state index in [9.17, 15) is 4.39 Å². The number of ether oxygens (including phenoxy) is 4. The van der Waals surface area contributed by atoms with Gasteiger partial charge >= 0.3 is 0 Å². The van der Waals surface area contributed by atoms with Crippen molar-refractivity contribution in [1.29, 1.82) is 0 Å². The monoisotopic (exact) mass is 461 g/mol. The molecule has 3 aromatic carbocycles. The molecule has 0 unspecified atom stereocenters. The van der Waals surface area contributed by atoms with Gasteiger partial charge in [-0.05, 0) is 42.8 Å². The normalized spacial score (nSPS) is 10.2. The van der Waals surface area contributed by atoms with E-state index in [1.54, 1.807) is 39.5 Å². The summed E-state index contributed by atoms with van der Waals surface area (Å²) in [5.74, 6) is 2.39. The maximum Gasteiger partial charge on any atom is 0.166 e. The Labute approximate surface area is 194 Å².